The number of benzene rings is 2. The number of carbonyl (C=O) groups is 1. The molecule has 3 atom stereocenters. The number of aliphatic carboxylic acids is 1. The number of thioether (sulfide) groups is 1. The summed E-state index contributed by atoms with van der Waals surface area (Å²) in [5, 5.41) is 10.5. The van der Waals surface area contributed by atoms with Crippen molar-refractivity contribution >= 4 is 38.7 Å². The molecule has 32 heavy (non-hydrogen) atoms. The van der Waals surface area contributed by atoms with Gasteiger partial charge in [0.1, 0.15) is 17.9 Å². The summed E-state index contributed by atoms with van der Waals surface area (Å²) in [4.78, 5) is 16.0. The van der Waals surface area contributed by atoms with Crippen molar-refractivity contribution in [1.29, 1.82) is 0 Å². The highest BCUT2D eigenvalue weighted by Crippen LogP contribution is 2.42. The van der Waals surface area contributed by atoms with Crippen LogP contribution in [0, 0.1) is 0 Å². The third-order valence-electron chi connectivity index (χ3n) is 5.48. The van der Waals surface area contributed by atoms with E-state index in [0.29, 0.717) is 5.75 Å². The number of hydrogen-bond donors (Lipinski definition) is 3. The Hall–Kier alpha value is -3.01. The molecule has 2 aliphatic rings. The molecule has 3 N–H and O–H groups in total. The highest BCUT2D eigenvalue weighted by atomic mass is 32.2. The Morgan fingerprint density at radius 3 is 2.81 bits per heavy atom. The molecular weight excluding hydrogens is 448 g/mol. The van der Waals surface area contributed by atoms with Crippen LogP contribution in [0.1, 0.15) is 5.56 Å². The number of allylic oxidation sites excluding steroid dienone is 1. The van der Waals surface area contributed by atoms with E-state index in [2.05, 4.69) is 9.71 Å². The molecule has 0 amide bonds. The van der Waals surface area contributed by atoms with Gasteiger partial charge >= 0.3 is 5.97 Å². The summed E-state index contributed by atoms with van der Waals surface area (Å²) >= 11 is 1.61. The monoisotopic (exact) mass is 468 g/mol. The number of carboxylic acids is 1. The second kappa shape index (κ2) is 8.16. The molecule has 3 unspecified atom stereocenters. The molecule has 0 saturated carbocycles. The molecule has 164 valence electrons. The fourth-order valence-electron chi connectivity index (χ4n) is 3.89. The number of aromatic amines is 1. The number of aromatic nitrogens is 1. The standard InChI is InChI=1S/C23H20N2O5S2/c26-23(27)18(11-14-13-24-17-6-2-1-5-16(14)17)25-32(28,29)15-9-10-22-20(12-15)30-19-7-3-4-8-21(19)31-22/h1-10,12-13,18,20,22,24-25H,11H2,(H,26,27). The van der Waals surface area contributed by atoms with Crippen molar-refractivity contribution in [3.8, 4) is 5.75 Å². The zero-order valence-electron chi connectivity index (χ0n) is 16.8. The normalized spacial score (nSPS) is 20.7. The molecule has 5 rings (SSSR count). The summed E-state index contributed by atoms with van der Waals surface area (Å²) in [7, 11) is -4.07. The van der Waals surface area contributed by atoms with Gasteiger partial charge in [0.15, 0.2) is 0 Å². The summed E-state index contributed by atoms with van der Waals surface area (Å²) < 4.78 is 34.4. The van der Waals surface area contributed by atoms with Crippen molar-refractivity contribution in [3.05, 3.63) is 83.4 Å². The zero-order valence-corrected chi connectivity index (χ0v) is 18.4. The van der Waals surface area contributed by atoms with Crippen LogP contribution >= 0.6 is 11.8 Å². The van der Waals surface area contributed by atoms with E-state index in [4.69, 9.17) is 4.74 Å². The number of rotatable bonds is 6. The van der Waals surface area contributed by atoms with Gasteiger partial charge in [0, 0.05) is 23.5 Å². The largest absolute Gasteiger partial charge is 0.484 e. The number of carboxylic acid groups (broad SMARTS) is 1. The molecule has 0 bridgehead atoms. The minimum atomic E-state index is -4.07. The smallest absolute Gasteiger partial charge is 0.322 e. The first-order valence-corrected chi connectivity index (χ1v) is 12.4. The maximum Gasteiger partial charge on any atom is 0.322 e. The number of sulfonamides is 1. The summed E-state index contributed by atoms with van der Waals surface area (Å²) in [5.74, 6) is -0.534. The SMILES string of the molecule is O=C(O)C(Cc1c[nH]c2ccccc12)NS(=O)(=O)C1=CC2Oc3ccccc3SC2C=C1. The van der Waals surface area contributed by atoms with Crippen LogP contribution in [0.15, 0.2) is 82.8 Å². The first kappa shape index (κ1) is 20.9. The lowest BCUT2D eigenvalue weighted by Gasteiger charge is -2.32. The third-order valence-corrected chi connectivity index (χ3v) is 8.26. The Morgan fingerprint density at radius 2 is 1.97 bits per heavy atom. The topological polar surface area (TPSA) is 108 Å². The van der Waals surface area contributed by atoms with Gasteiger partial charge in [-0.25, -0.2) is 8.42 Å². The van der Waals surface area contributed by atoms with E-state index in [1.54, 1.807) is 30.1 Å². The lowest BCUT2D eigenvalue weighted by molar-refractivity contribution is -0.138. The minimum Gasteiger partial charge on any atom is -0.484 e. The summed E-state index contributed by atoms with van der Waals surface area (Å²) in [5.41, 5.74) is 1.60. The van der Waals surface area contributed by atoms with Gasteiger partial charge in [-0.15, -0.1) is 11.8 Å². The van der Waals surface area contributed by atoms with Crippen LogP contribution in [-0.4, -0.2) is 41.9 Å². The number of nitrogens with one attached hydrogen (secondary N) is 2. The van der Waals surface area contributed by atoms with Crippen LogP contribution in [-0.2, 0) is 21.2 Å². The van der Waals surface area contributed by atoms with Crippen LogP contribution in [0.25, 0.3) is 10.9 Å². The predicted molar refractivity (Wildman–Crippen MR) is 123 cm³/mol. The maximum atomic E-state index is 13.0. The molecule has 9 heteroatoms. The van der Waals surface area contributed by atoms with Gasteiger partial charge in [0.25, 0.3) is 0 Å². The van der Waals surface area contributed by atoms with E-state index in [-0.39, 0.29) is 16.6 Å². The fraction of sp³-hybridized carbons (Fsp3) is 0.174. The number of hydrogen-bond acceptors (Lipinski definition) is 5. The lowest BCUT2D eigenvalue weighted by atomic mass is 10.1. The molecule has 1 aliphatic heterocycles. The Morgan fingerprint density at radius 1 is 1.19 bits per heavy atom. The van der Waals surface area contributed by atoms with Crippen LogP contribution < -0.4 is 9.46 Å². The van der Waals surface area contributed by atoms with E-state index in [1.807, 2.05) is 48.5 Å². The van der Waals surface area contributed by atoms with Gasteiger partial charge in [-0.3, -0.25) is 4.79 Å². The van der Waals surface area contributed by atoms with Crippen molar-refractivity contribution < 1.29 is 23.1 Å². The van der Waals surface area contributed by atoms with Crippen molar-refractivity contribution in [3.63, 3.8) is 0 Å². The first-order chi connectivity index (χ1) is 15.4. The lowest BCUT2D eigenvalue weighted by Crippen LogP contribution is -2.43. The average Bonchev–Trinajstić information content (AvgIpc) is 3.19. The van der Waals surface area contributed by atoms with Crippen LogP contribution in [0.5, 0.6) is 5.75 Å². The highest BCUT2D eigenvalue weighted by molar-refractivity contribution is 8.00. The van der Waals surface area contributed by atoms with Gasteiger partial charge < -0.3 is 14.8 Å². The fourth-order valence-corrected chi connectivity index (χ4v) is 6.27. The third kappa shape index (κ3) is 3.94. The van der Waals surface area contributed by atoms with E-state index >= 15 is 0 Å². The second-order valence-corrected chi connectivity index (χ2v) is 10.5. The molecule has 3 aromatic rings. The Labute approximate surface area is 189 Å². The van der Waals surface area contributed by atoms with Gasteiger partial charge in [-0.05, 0) is 35.9 Å². The molecule has 2 heterocycles. The maximum absolute atomic E-state index is 13.0. The van der Waals surface area contributed by atoms with Gasteiger partial charge in [0.2, 0.25) is 10.0 Å². The summed E-state index contributed by atoms with van der Waals surface area (Å²) in [6.45, 7) is 0. The van der Waals surface area contributed by atoms with Crippen LogP contribution in [0.3, 0.4) is 0 Å². The number of H-pyrrole nitrogens is 1. The van der Waals surface area contributed by atoms with Gasteiger partial charge in [-0.2, -0.15) is 4.72 Å². The molecule has 0 spiro atoms. The summed E-state index contributed by atoms with van der Waals surface area (Å²) in [6.07, 6.45) is 6.11. The molecule has 0 saturated heterocycles. The van der Waals surface area contributed by atoms with E-state index in [9.17, 15) is 18.3 Å². The van der Waals surface area contributed by atoms with Crippen LogP contribution in [0.2, 0.25) is 0 Å². The van der Waals surface area contributed by atoms with E-state index in [0.717, 1.165) is 21.4 Å². The molecule has 7 nitrogen and oxygen atoms in total. The number of ether oxygens (including phenoxy) is 1. The van der Waals surface area contributed by atoms with Crippen molar-refractivity contribution in [1.82, 2.24) is 9.71 Å². The molecular formula is C23H20N2O5S2. The Bertz CT molecular complexity index is 1360. The summed E-state index contributed by atoms with van der Waals surface area (Å²) in [6, 6.07) is 13.8. The van der Waals surface area contributed by atoms with Gasteiger partial charge in [0.05, 0.1) is 15.1 Å². The second-order valence-electron chi connectivity index (χ2n) is 7.62. The van der Waals surface area contributed by atoms with Crippen molar-refractivity contribution in [2.75, 3.05) is 0 Å². The number of para-hydroxylation sites is 2. The van der Waals surface area contributed by atoms with Gasteiger partial charge in [-0.1, -0.05) is 36.4 Å². The van der Waals surface area contributed by atoms with Crippen molar-refractivity contribution in [2.45, 2.75) is 28.7 Å². The first-order valence-electron chi connectivity index (χ1n) is 10.0. The molecule has 0 fully saturated rings. The average molecular weight is 469 g/mol. The minimum absolute atomic E-state index is 0.00362. The molecule has 1 aromatic heterocycles. The Kier molecular flexibility index (Phi) is 5.32. The predicted octanol–water partition coefficient (Wildman–Crippen LogP) is 3.46. The Balaban J connectivity index is 1.37. The van der Waals surface area contributed by atoms with Crippen molar-refractivity contribution in [2.24, 2.45) is 0 Å². The quantitative estimate of drug-likeness (QED) is 0.511. The number of fused-ring (bicyclic) bond motifs is 3. The van der Waals surface area contributed by atoms with E-state index in [1.165, 1.54) is 6.08 Å². The molecule has 2 aromatic carbocycles. The highest BCUT2D eigenvalue weighted by Gasteiger charge is 2.34. The molecule has 0 radical (unpaired) electrons. The van der Waals surface area contributed by atoms with Crippen LogP contribution in [0.4, 0.5) is 0 Å². The zero-order chi connectivity index (χ0) is 22.3. The van der Waals surface area contributed by atoms with E-state index < -0.39 is 28.1 Å². The molecule has 1 aliphatic carbocycles.